The molecule has 130 valence electrons. The first-order valence-electron chi connectivity index (χ1n) is 8.34. The summed E-state index contributed by atoms with van der Waals surface area (Å²) in [7, 11) is 0. The number of anilines is 1. The van der Waals surface area contributed by atoms with E-state index in [-0.39, 0.29) is 29.9 Å². The quantitative estimate of drug-likeness (QED) is 0.904. The lowest BCUT2D eigenvalue weighted by molar-refractivity contribution is -0.142. The first-order chi connectivity index (χ1) is 11.3. The summed E-state index contributed by atoms with van der Waals surface area (Å²) >= 11 is 0. The van der Waals surface area contributed by atoms with Crippen molar-refractivity contribution in [1.82, 2.24) is 4.90 Å². The van der Waals surface area contributed by atoms with E-state index in [4.69, 9.17) is 9.47 Å². The second kappa shape index (κ2) is 6.34. The minimum Gasteiger partial charge on any atom is -0.454 e. The Morgan fingerprint density at radius 1 is 1.12 bits per heavy atom. The normalized spacial score (nSPS) is 17.7. The average molecular weight is 332 g/mol. The topological polar surface area (TPSA) is 67.9 Å². The SMILES string of the molecule is CC(C)(C)C(=O)N1CCC(C(=O)Nc2ccc3c(c2)OCO3)CC1. The Kier molecular flexibility index (Phi) is 4.39. The number of likely N-dealkylation sites (tertiary alicyclic amines) is 1. The molecule has 0 atom stereocenters. The van der Waals surface area contributed by atoms with E-state index in [1.165, 1.54) is 0 Å². The van der Waals surface area contributed by atoms with Crippen LogP contribution in [0.5, 0.6) is 11.5 Å². The van der Waals surface area contributed by atoms with Crippen molar-refractivity contribution in [3.05, 3.63) is 18.2 Å². The Bertz CT molecular complexity index is 643. The molecule has 6 nitrogen and oxygen atoms in total. The molecule has 1 saturated heterocycles. The molecule has 1 aromatic rings. The molecule has 0 radical (unpaired) electrons. The predicted octanol–water partition coefficient (Wildman–Crippen LogP) is 2.64. The Morgan fingerprint density at radius 2 is 1.79 bits per heavy atom. The highest BCUT2D eigenvalue weighted by Crippen LogP contribution is 2.34. The predicted molar refractivity (Wildman–Crippen MR) is 90.0 cm³/mol. The van der Waals surface area contributed by atoms with E-state index in [1.54, 1.807) is 12.1 Å². The van der Waals surface area contributed by atoms with Gasteiger partial charge in [-0.05, 0) is 25.0 Å². The van der Waals surface area contributed by atoms with Crippen LogP contribution in [0.1, 0.15) is 33.6 Å². The Hall–Kier alpha value is -2.24. The molecule has 0 saturated carbocycles. The van der Waals surface area contributed by atoms with E-state index in [9.17, 15) is 9.59 Å². The average Bonchev–Trinajstić information content (AvgIpc) is 3.01. The van der Waals surface area contributed by atoms with Crippen LogP contribution in [-0.4, -0.2) is 36.6 Å². The van der Waals surface area contributed by atoms with Crippen LogP contribution in [0, 0.1) is 11.3 Å². The minimum absolute atomic E-state index is 0.00303. The molecule has 0 aliphatic carbocycles. The molecule has 2 heterocycles. The van der Waals surface area contributed by atoms with E-state index >= 15 is 0 Å². The molecule has 3 rings (SSSR count). The zero-order valence-corrected chi connectivity index (χ0v) is 14.4. The van der Waals surface area contributed by atoms with Crippen LogP contribution in [-0.2, 0) is 9.59 Å². The highest BCUT2D eigenvalue weighted by atomic mass is 16.7. The molecule has 24 heavy (non-hydrogen) atoms. The number of hydrogen-bond acceptors (Lipinski definition) is 4. The van der Waals surface area contributed by atoms with Crippen molar-refractivity contribution >= 4 is 17.5 Å². The fourth-order valence-electron chi connectivity index (χ4n) is 3.04. The van der Waals surface area contributed by atoms with Gasteiger partial charge in [-0.25, -0.2) is 0 Å². The number of amides is 2. The number of benzene rings is 1. The fraction of sp³-hybridized carbons (Fsp3) is 0.556. The van der Waals surface area contributed by atoms with E-state index in [1.807, 2.05) is 31.7 Å². The molecule has 1 fully saturated rings. The number of piperidine rings is 1. The van der Waals surface area contributed by atoms with Crippen molar-refractivity contribution < 1.29 is 19.1 Å². The lowest BCUT2D eigenvalue weighted by atomic mass is 9.90. The van der Waals surface area contributed by atoms with Gasteiger partial charge in [-0.15, -0.1) is 0 Å². The fourth-order valence-corrected chi connectivity index (χ4v) is 3.04. The van der Waals surface area contributed by atoms with Crippen LogP contribution in [0.25, 0.3) is 0 Å². The van der Waals surface area contributed by atoms with Gasteiger partial charge in [-0.2, -0.15) is 0 Å². The molecule has 2 aliphatic rings. The standard InChI is InChI=1S/C18H24N2O4/c1-18(2,3)17(22)20-8-6-12(7-9-20)16(21)19-13-4-5-14-15(10-13)24-11-23-14/h4-5,10,12H,6-9,11H2,1-3H3,(H,19,21). The molecular weight excluding hydrogens is 308 g/mol. The van der Waals surface area contributed by atoms with Gasteiger partial charge in [0.05, 0.1) is 0 Å². The summed E-state index contributed by atoms with van der Waals surface area (Å²) in [5.41, 5.74) is 0.333. The van der Waals surface area contributed by atoms with Gasteiger partial charge >= 0.3 is 0 Å². The Labute approximate surface area is 142 Å². The first kappa shape index (κ1) is 16.6. The van der Waals surface area contributed by atoms with E-state index < -0.39 is 0 Å². The monoisotopic (exact) mass is 332 g/mol. The van der Waals surface area contributed by atoms with Crippen molar-refractivity contribution in [1.29, 1.82) is 0 Å². The molecule has 0 bridgehead atoms. The number of carbonyl (C=O) groups excluding carboxylic acids is 2. The summed E-state index contributed by atoms with van der Waals surface area (Å²) in [6.07, 6.45) is 1.39. The molecule has 1 aromatic carbocycles. The van der Waals surface area contributed by atoms with E-state index in [2.05, 4.69) is 5.32 Å². The van der Waals surface area contributed by atoms with Crippen molar-refractivity contribution in [2.45, 2.75) is 33.6 Å². The highest BCUT2D eigenvalue weighted by Gasteiger charge is 2.32. The van der Waals surface area contributed by atoms with Crippen LogP contribution in [0.15, 0.2) is 18.2 Å². The van der Waals surface area contributed by atoms with Crippen molar-refractivity contribution in [2.24, 2.45) is 11.3 Å². The van der Waals surface area contributed by atoms with Gasteiger partial charge in [0.15, 0.2) is 11.5 Å². The first-order valence-corrected chi connectivity index (χ1v) is 8.34. The molecule has 2 aliphatic heterocycles. The third-order valence-corrected chi connectivity index (χ3v) is 4.43. The van der Waals surface area contributed by atoms with Gasteiger partial charge in [-0.1, -0.05) is 20.8 Å². The number of rotatable bonds is 2. The van der Waals surface area contributed by atoms with Crippen molar-refractivity contribution in [2.75, 3.05) is 25.2 Å². The number of nitrogens with one attached hydrogen (secondary N) is 1. The zero-order chi connectivity index (χ0) is 17.3. The highest BCUT2D eigenvalue weighted by molar-refractivity contribution is 5.93. The number of carbonyl (C=O) groups is 2. The molecular formula is C18H24N2O4. The molecule has 0 unspecified atom stereocenters. The van der Waals surface area contributed by atoms with Gasteiger partial charge < -0.3 is 19.7 Å². The van der Waals surface area contributed by atoms with Gasteiger partial charge in [0.1, 0.15) is 0 Å². The summed E-state index contributed by atoms with van der Waals surface area (Å²) < 4.78 is 10.6. The molecule has 1 N–H and O–H groups in total. The number of hydrogen-bond donors (Lipinski definition) is 1. The molecule has 0 aromatic heterocycles. The minimum atomic E-state index is -0.373. The molecule has 0 spiro atoms. The second-order valence-corrected chi connectivity index (χ2v) is 7.37. The maximum absolute atomic E-state index is 12.5. The van der Waals surface area contributed by atoms with Crippen molar-refractivity contribution in [3.8, 4) is 11.5 Å². The summed E-state index contributed by atoms with van der Waals surface area (Å²) in [6.45, 7) is 7.26. The van der Waals surface area contributed by atoms with Crippen LogP contribution >= 0.6 is 0 Å². The second-order valence-electron chi connectivity index (χ2n) is 7.37. The summed E-state index contributed by atoms with van der Waals surface area (Å²) in [5.74, 6) is 1.42. The maximum Gasteiger partial charge on any atom is 0.231 e. The van der Waals surface area contributed by atoms with Crippen LogP contribution < -0.4 is 14.8 Å². The van der Waals surface area contributed by atoms with Crippen LogP contribution in [0.4, 0.5) is 5.69 Å². The third-order valence-electron chi connectivity index (χ3n) is 4.43. The lowest BCUT2D eigenvalue weighted by Gasteiger charge is -2.35. The van der Waals surface area contributed by atoms with Gasteiger partial charge in [0.25, 0.3) is 0 Å². The van der Waals surface area contributed by atoms with Crippen LogP contribution in [0.3, 0.4) is 0 Å². The number of ether oxygens (including phenoxy) is 2. The smallest absolute Gasteiger partial charge is 0.231 e. The summed E-state index contributed by atoms with van der Waals surface area (Å²) in [4.78, 5) is 26.6. The number of nitrogens with zero attached hydrogens (tertiary/aromatic N) is 1. The molecule has 6 heteroatoms. The Morgan fingerprint density at radius 3 is 2.46 bits per heavy atom. The van der Waals surface area contributed by atoms with Gasteiger partial charge in [-0.3, -0.25) is 9.59 Å². The maximum atomic E-state index is 12.5. The van der Waals surface area contributed by atoms with E-state index in [0.29, 0.717) is 43.1 Å². The largest absolute Gasteiger partial charge is 0.454 e. The lowest BCUT2D eigenvalue weighted by Crippen LogP contribution is -2.45. The summed E-state index contributed by atoms with van der Waals surface area (Å²) in [5, 5.41) is 2.94. The zero-order valence-electron chi connectivity index (χ0n) is 14.4. The van der Waals surface area contributed by atoms with Crippen LogP contribution in [0.2, 0.25) is 0 Å². The molecule has 2 amide bonds. The summed E-state index contributed by atoms with van der Waals surface area (Å²) in [6, 6.07) is 5.38. The van der Waals surface area contributed by atoms with Gasteiger partial charge in [0, 0.05) is 36.2 Å². The van der Waals surface area contributed by atoms with Gasteiger partial charge in [0.2, 0.25) is 18.6 Å². The van der Waals surface area contributed by atoms with E-state index in [0.717, 1.165) is 0 Å². The van der Waals surface area contributed by atoms with Crippen molar-refractivity contribution in [3.63, 3.8) is 0 Å². The third kappa shape index (κ3) is 3.47. The number of fused-ring (bicyclic) bond motifs is 1. The Balaban J connectivity index is 1.55.